The molecular formula is C22H16F2N2O4S. The zero-order valence-corrected chi connectivity index (χ0v) is 16.8. The fraction of sp³-hybridized carbons (Fsp3) is 0.0909. The van der Waals surface area contributed by atoms with Gasteiger partial charge in [-0.3, -0.25) is 0 Å². The highest BCUT2D eigenvalue weighted by atomic mass is 32.1. The molecule has 4 rings (SSSR count). The van der Waals surface area contributed by atoms with Crippen molar-refractivity contribution >= 4 is 33.2 Å². The number of hydrogen-bond acceptors (Lipinski definition) is 6. The van der Waals surface area contributed by atoms with Crippen LogP contribution in [0.5, 0.6) is 11.5 Å². The first-order valence-corrected chi connectivity index (χ1v) is 9.98. The van der Waals surface area contributed by atoms with E-state index in [2.05, 4.69) is 4.98 Å². The number of pyridine rings is 1. The Morgan fingerprint density at radius 3 is 2.45 bits per heavy atom. The quantitative estimate of drug-likeness (QED) is 0.418. The molecule has 0 saturated heterocycles. The summed E-state index contributed by atoms with van der Waals surface area (Å²) in [7, 11) is 0. The first-order chi connectivity index (χ1) is 14.9. The molecule has 0 aliphatic rings. The molecule has 158 valence electrons. The summed E-state index contributed by atoms with van der Waals surface area (Å²) in [6, 6.07) is 10.6. The van der Waals surface area contributed by atoms with Crippen LogP contribution in [0, 0.1) is 11.6 Å². The van der Waals surface area contributed by atoms with Gasteiger partial charge in [0.15, 0.2) is 11.6 Å². The van der Waals surface area contributed by atoms with Gasteiger partial charge in [-0.15, -0.1) is 11.3 Å². The van der Waals surface area contributed by atoms with Crippen molar-refractivity contribution < 1.29 is 28.2 Å². The number of anilines is 1. The van der Waals surface area contributed by atoms with E-state index in [1.54, 1.807) is 29.6 Å². The molecule has 0 bridgehead atoms. The van der Waals surface area contributed by atoms with Crippen LogP contribution in [0.25, 0.3) is 10.1 Å². The lowest BCUT2D eigenvalue weighted by Crippen LogP contribution is -2.02. The lowest BCUT2D eigenvalue weighted by molar-refractivity contribution is 0.0699. The van der Waals surface area contributed by atoms with Crippen molar-refractivity contribution in [2.75, 3.05) is 5.73 Å². The summed E-state index contributed by atoms with van der Waals surface area (Å²) in [6.07, 6.45) is 1.24. The molecule has 9 heteroatoms. The molecule has 0 amide bonds. The molecule has 31 heavy (non-hydrogen) atoms. The van der Waals surface area contributed by atoms with Gasteiger partial charge in [0.1, 0.15) is 30.5 Å². The van der Waals surface area contributed by atoms with Crippen LogP contribution < -0.4 is 15.2 Å². The highest BCUT2D eigenvalue weighted by Crippen LogP contribution is 2.33. The summed E-state index contributed by atoms with van der Waals surface area (Å²) in [4.78, 5) is 15.4. The first-order valence-electron chi connectivity index (χ1n) is 9.10. The van der Waals surface area contributed by atoms with Crippen molar-refractivity contribution in [3.63, 3.8) is 0 Å². The Kier molecular flexibility index (Phi) is 5.68. The molecule has 0 saturated carbocycles. The molecule has 0 aliphatic heterocycles. The van der Waals surface area contributed by atoms with Gasteiger partial charge in [0.05, 0.1) is 10.3 Å². The number of nitrogen functional groups attached to an aromatic ring is 1. The van der Waals surface area contributed by atoms with Gasteiger partial charge in [0, 0.05) is 28.8 Å². The van der Waals surface area contributed by atoms with E-state index in [1.165, 1.54) is 29.7 Å². The Balaban J connectivity index is 1.48. The standard InChI is InChI=1S/C22H16F2N2O4S/c23-17-6-1-3-12(19(17)24)9-29-14-4-2-5-15(7-14)30-10-13-11-31-20-16(22(27)28)8-26-21(25)18(13)20/h1-8,11H,9-10H2,(H2,25,26)(H,27,28). The largest absolute Gasteiger partial charge is 0.489 e. The fourth-order valence-electron chi connectivity index (χ4n) is 3.02. The first kappa shape index (κ1) is 20.5. The number of aromatic nitrogens is 1. The zero-order chi connectivity index (χ0) is 22.0. The van der Waals surface area contributed by atoms with Crippen LogP contribution in [-0.2, 0) is 13.2 Å². The van der Waals surface area contributed by atoms with Crippen LogP contribution >= 0.6 is 11.3 Å². The second-order valence-corrected chi connectivity index (χ2v) is 7.47. The van der Waals surface area contributed by atoms with Gasteiger partial charge < -0.3 is 20.3 Å². The summed E-state index contributed by atoms with van der Waals surface area (Å²) in [5.74, 6) is -1.81. The number of carbonyl (C=O) groups is 1. The number of nitrogens with two attached hydrogens (primary N) is 1. The molecule has 3 N–H and O–H groups in total. The third-order valence-corrected chi connectivity index (χ3v) is 5.62. The normalized spacial score (nSPS) is 10.9. The molecule has 0 fully saturated rings. The Morgan fingerprint density at radius 2 is 1.74 bits per heavy atom. The van der Waals surface area contributed by atoms with E-state index in [0.717, 1.165) is 6.07 Å². The molecule has 0 aliphatic carbocycles. The van der Waals surface area contributed by atoms with E-state index in [-0.39, 0.29) is 30.2 Å². The SMILES string of the molecule is Nc1ncc(C(=O)O)c2scc(COc3cccc(OCc4cccc(F)c4F)c3)c12. The summed E-state index contributed by atoms with van der Waals surface area (Å²) >= 11 is 1.26. The number of hydrogen-bond donors (Lipinski definition) is 2. The van der Waals surface area contributed by atoms with Crippen molar-refractivity contribution in [1.29, 1.82) is 0 Å². The highest BCUT2D eigenvalue weighted by molar-refractivity contribution is 7.17. The average Bonchev–Trinajstić information content (AvgIpc) is 3.18. The van der Waals surface area contributed by atoms with Gasteiger partial charge in [-0.25, -0.2) is 18.6 Å². The third-order valence-electron chi connectivity index (χ3n) is 4.56. The number of ether oxygens (including phenoxy) is 2. The molecular weight excluding hydrogens is 426 g/mol. The number of nitrogens with zero attached hydrogens (tertiary/aromatic N) is 1. The third kappa shape index (κ3) is 4.26. The second kappa shape index (κ2) is 8.57. The van der Waals surface area contributed by atoms with Crippen molar-refractivity contribution in [2.24, 2.45) is 0 Å². The van der Waals surface area contributed by atoms with Gasteiger partial charge in [-0.05, 0) is 23.6 Å². The number of carboxylic acids is 1. The van der Waals surface area contributed by atoms with Crippen LogP contribution in [0.2, 0.25) is 0 Å². The lowest BCUT2D eigenvalue weighted by atomic mass is 10.1. The number of thiophene rings is 1. The Morgan fingerprint density at radius 1 is 1.06 bits per heavy atom. The molecule has 2 aromatic carbocycles. The molecule has 2 aromatic heterocycles. The number of halogens is 2. The zero-order valence-electron chi connectivity index (χ0n) is 16.0. The smallest absolute Gasteiger partial charge is 0.338 e. The highest BCUT2D eigenvalue weighted by Gasteiger charge is 2.17. The number of benzene rings is 2. The van der Waals surface area contributed by atoms with Crippen LogP contribution in [-0.4, -0.2) is 16.1 Å². The summed E-state index contributed by atoms with van der Waals surface area (Å²) in [5.41, 5.74) is 6.85. The van der Waals surface area contributed by atoms with Gasteiger partial charge in [0.25, 0.3) is 0 Å². The van der Waals surface area contributed by atoms with Crippen LogP contribution in [0.4, 0.5) is 14.6 Å². The number of rotatable bonds is 7. The fourth-order valence-corrected chi connectivity index (χ4v) is 4.09. The summed E-state index contributed by atoms with van der Waals surface area (Å²) in [5, 5.41) is 11.7. The minimum absolute atomic E-state index is 0.0837. The molecule has 0 spiro atoms. The van der Waals surface area contributed by atoms with E-state index in [4.69, 9.17) is 15.2 Å². The molecule has 6 nitrogen and oxygen atoms in total. The number of carboxylic acid groups (broad SMARTS) is 1. The van der Waals surface area contributed by atoms with Crippen LogP contribution in [0.15, 0.2) is 54.0 Å². The van der Waals surface area contributed by atoms with Crippen molar-refractivity contribution in [3.8, 4) is 11.5 Å². The van der Waals surface area contributed by atoms with Crippen molar-refractivity contribution in [2.45, 2.75) is 13.2 Å². The van der Waals surface area contributed by atoms with Gasteiger partial charge >= 0.3 is 5.97 Å². The maximum absolute atomic E-state index is 13.8. The van der Waals surface area contributed by atoms with E-state index in [1.807, 2.05) is 0 Å². The van der Waals surface area contributed by atoms with E-state index in [0.29, 0.717) is 27.1 Å². The molecule has 2 heterocycles. The van der Waals surface area contributed by atoms with Crippen LogP contribution in [0.3, 0.4) is 0 Å². The minimum Gasteiger partial charge on any atom is -0.489 e. The predicted molar refractivity (Wildman–Crippen MR) is 112 cm³/mol. The minimum atomic E-state index is -1.08. The van der Waals surface area contributed by atoms with Gasteiger partial charge in [-0.2, -0.15) is 0 Å². The van der Waals surface area contributed by atoms with E-state index in [9.17, 15) is 18.7 Å². The van der Waals surface area contributed by atoms with E-state index >= 15 is 0 Å². The van der Waals surface area contributed by atoms with Gasteiger partial charge in [0.2, 0.25) is 0 Å². The number of fused-ring (bicyclic) bond motifs is 1. The maximum Gasteiger partial charge on any atom is 0.338 e. The molecule has 0 atom stereocenters. The van der Waals surface area contributed by atoms with Gasteiger partial charge in [-0.1, -0.05) is 18.2 Å². The van der Waals surface area contributed by atoms with Crippen LogP contribution in [0.1, 0.15) is 21.5 Å². The number of aromatic carboxylic acids is 1. The predicted octanol–water partition coefficient (Wildman–Crippen LogP) is 5.01. The Hall–Kier alpha value is -3.72. The topological polar surface area (TPSA) is 94.7 Å². The monoisotopic (exact) mass is 442 g/mol. The Bertz CT molecular complexity index is 1280. The average molecular weight is 442 g/mol. The van der Waals surface area contributed by atoms with E-state index < -0.39 is 17.6 Å². The molecule has 0 unspecified atom stereocenters. The molecule has 4 aromatic rings. The van der Waals surface area contributed by atoms with Crippen molar-refractivity contribution in [1.82, 2.24) is 4.98 Å². The second-order valence-electron chi connectivity index (χ2n) is 6.59. The van der Waals surface area contributed by atoms with Crippen molar-refractivity contribution in [3.05, 3.63) is 82.4 Å². The maximum atomic E-state index is 13.8. The lowest BCUT2D eigenvalue weighted by Gasteiger charge is -2.10. The summed E-state index contributed by atoms with van der Waals surface area (Å²) in [6.45, 7) is -0.000681. The molecule has 0 radical (unpaired) electrons. The summed E-state index contributed by atoms with van der Waals surface area (Å²) < 4.78 is 39.0. The Labute approximate surface area is 179 Å².